The summed E-state index contributed by atoms with van der Waals surface area (Å²) in [7, 11) is 0. The van der Waals surface area contributed by atoms with Gasteiger partial charge in [0.2, 0.25) is 0 Å². The first-order valence-corrected chi connectivity index (χ1v) is 4.60. The molecule has 1 heterocycles. The lowest BCUT2D eigenvalue weighted by atomic mass is 10.2. The average molecular weight is 165 g/mol. The van der Waals surface area contributed by atoms with Crippen LogP contribution in [-0.2, 0) is 0 Å². The summed E-state index contributed by atoms with van der Waals surface area (Å²) < 4.78 is 0. The number of guanidine groups is 1. The second-order valence-electron chi connectivity index (χ2n) is 3.52. The van der Waals surface area contributed by atoms with Crippen LogP contribution >= 0.6 is 0 Å². The van der Waals surface area contributed by atoms with E-state index in [9.17, 15) is 0 Å². The van der Waals surface area contributed by atoms with Gasteiger partial charge in [0.25, 0.3) is 0 Å². The third kappa shape index (κ3) is 1.60. The molecule has 1 saturated carbocycles. The van der Waals surface area contributed by atoms with Crippen LogP contribution in [0.3, 0.4) is 0 Å². The minimum Gasteiger partial charge on any atom is -0.353 e. The fourth-order valence-corrected chi connectivity index (χ4v) is 1.77. The largest absolute Gasteiger partial charge is 0.353 e. The van der Waals surface area contributed by atoms with Crippen molar-refractivity contribution in [2.45, 2.75) is 31.7 Å². The van der Waals surface area contributed by atoms with Crippen LogP contribution in [0.15, 0.2) is 17.3 Å². The standard InChI is InChI=1S/C9H15N3/c1-7-6-10-9(11-7)12-8-4-2-3-5-8/h8H,1-6H2,(H2,10,11,12). The van der Waals surface area contributed by atoms with Gasteiger partial charge in [-0.1, -0.05) is 19.4 Å². The van der Waals surface area contributed by atoms with E-state index in [1.54, 1.807) is 0 Å². The third-order valence-corrected chi connectivity index (χ3v) is 2.42. The molecule has 0 atom stereocenters. The first kappa shape index (κ1) is 7.65. The lowest BCUT2D eigenvalue weighted by Gasteiger charge is -2.12. The van der Waals surface area contributed by atoms with Crippen LogP contribution < -0.4 is 10.6 Å². The number of hydrogen-bond acceptors (Lipinski definition) is 3. The van der Waals surface area contributed by atoms with Crippen molar-refractivity contribution in [3.8, 4) is 0 Å². The molecule has 1 aliphatic heterocycles. The summed E-state index contributed by atoms with van der Waals surface area (Å²) in [5, 5.41) is 6.51. The minimum absolute atomic E-state index is 0.641. The zero-order valence-electron chi connectivity index (χ0n) is 7.27. The molecule has 3 nitrogen and oxygen atoms in total. The van der Waals surface area contributed by atoms with Gasteiger partial charge in [0.15, 0.2) is 5.96 Å². The molecule has 0 bridgehead atoms. The van der Waals surface area contributed by atoms with Gasteiger partial charge in [-0.2, -0.15) is 0 Å². The molecule has 0 aromatic heterocycles. The maximum absolute atomic E-state index is 4.28. The second-order valence-corrected chi connectivity index (χ2v) is 3.52. The summed E-state index contributed by atoms with van der Waals surface area (Å²) in [6.07, 6.45) is 5.28. The van der Waals surface area contributed by atoms with Crippen LogP contribution in [-0.4, -0.2) is 18.5 Å². The van der Waals surface area contributed by atoms with E-state index in [0.29, 0.717) is 6.04 Å². The monoisotopic (exact) mass is 165 g/mol. The summed E-state index contributed by atoms with van der Waals surface area (Å²) in [6.45, 7) is 4.54. The van der Waals surface area contributed by atoms with Crippen LogP contribution in [0.4, 0.5) is 0 Å². The Kier molecular flexibility index (Phi) is 2.02. The number of nitrogens with zero attached hydrogens (tertiary/aromatic N) is 1. The molecule has 2 N–H and O–H groups in total. The van der Waals surface area contributed by atoms with Crippen molar-refractivity contribution in [1.29, 1.82) is 0 Å². The molecule has 0 aromatic rings. The molecule has 3 heteroatoms. The lowest BCUT2D eigenvalue weighted by molar-refractivity contribution is 0.624. The molecule has 0 aromatic carbocycles. The van der Waals surface area contributed by atoms with Crippen molar-refractivity contribution in [1.82, 2.24) is 10.6 Å². The number of nitrogens with one attached hydrogen (secondary N) is 2. The Balaban J connectivity index is 1.82. The van der Waals surface area contributed by atoms with Crippen LogP contribution in [0.5, 0.6) is 0 Å². The van der Waals surface area contributed by atoms with Crippen molar-refractivity contribution in [2.24, 2.45) is 4.99 Å². The SMILES string of the molecule is C=C1CN=C(NC2CCCC2)N1. The highest BCUT2D eigenvalue weighted by atomic mass is 15.2. The van der Waals surface area contributed by atoms with Crippen molar-refractivity contribution < 1.29 is 0 Å². The van der Waals surface area contributed by atoms with Crippen LogP contribution in [0.25, 0.3) is 0 Å². The highest BCUT2D eigenvalue weighted by molar-refractivity contribution is 5.84. The first-order valence-electron chi connectivity index (χ1n) is 4.60. The Labute approximate surface area is 73.0 Å². The van der Waals surface area contributed by atoms with Crippen LogP contribution in [0, 0.1) is 0 Å². The maximum Gasteiger partial charge on any atom is 0.196 e. The Morgan fingerprint density at radius 2 is 2.17 bits per heavy atom. The van der Waals surface area contributed by atoms with Gasteiger partial charge in [-0.3, -0.25) is 0 Å². The van der Waals surface area contributed by atoms with E-state index in [1.165, 1.54) is 25.7 Å². The molecule has 1 fully saturated rings. The maximum atomic E-state index is 4.28. The van der Waals surface area contributed by atoms with Gasteiger partial charge in [-0.15, -0.1) is 0 Å². The molecule has 0 unspecified atom stereocenters. The lowest BCUT2D eigenvalue weighted by Crippen LogP contribution is -2.38. The van der Waals surface area contributed by atoms with E-state index in [0.717, 1.165) is 18.2 Å². The highest BCUT2D eigenvalue weighted by Crippen LogP contribution is 2.17. The quantitative estimate of drug-likeness (QED) is 0.608. The van der Waals surface area contributed by atoms with Crippen LogP contribution in [0.1, 0.15) is 25.7 Å². The van der Waals surface area contributed by atoms with E-state index in [1.807, 2.05) is 0 Å². The molecular formula is C9H15N3. The molecule has 0 spiro atoms. The molecular weight excluding hydrogens is 150 g/mol. The van der Waals surface area contributed by atoms with Crippen LogP contribution in [0.2, 0.25) is 0 Å². The molecule has 1 aliphatic carbocycles. The predicted octanol–water partition coefficient (Wildman–Crippen LogP) is 0.991. The van der Waals surface area contributed by atoms with E-state index in [4.69, 9.17) is 0 Å². The zero-order chi connectivity index (χ0) is 8.39. The summed E-state index contributed by atoms with van der Waals surface area (Å²) in [5.41, 5.74) is 0.996. The highest BCUT2D eigenvalue weighted by Gasteiger charge is 2.17. The Bertz CT molecular complexity index is 214. The third-order valence-electron chi connectivity index (χ3n) is 2.42. The predicted molar refractivity (Wildman–Crippen MR) is 50.0 cm³/mol. The Hall–Kier alpha value is -0.990. The van der Waals surface area contributed by atoms with Crippen molar-refractivity contribution in [3.05, 3.63) is 12.3 Å². The van der Waals surface area contributed by atoms with E-state index in [2.05, 4.69) is 22.2 Å². The molecule has 0 saturated heterocycles. The van der Waals surface area contributed by atoms with E-state index in [-0.39, 0.29) is 0 Å². The number of rotatable bonds is 1. The molecule has 66 valence electrons. The van der Waals surface area contributed by atoms with E-state index < -0.39 is 0 Å². The normalized spacial score (nSPS) is 24.0. The summed E-state index contributed by atoms with van der Waals surface area (Å²) in [6, 6.07) is 0.641. The molecule has 0 amide bonds. The van der Waals surface area contributed by atoms with Gasteiger partial charge in [0, 0.05) is 11.7 Å². The number of hydrogen-bond donors (Lipinski definition) is 2. The summed E-state index contributed by atoms with van der Waals surface area (Å²) in [4.78, 5) is 4.28. The zero-order valence-corrected chi connectivity index (χ0v) is 7.27. The Morgan fingerprint density at radius 1 is 1.42 bits per heavy atom. The molecule has 0 radical (unpaired) electrons. The van der Waals surface area contributed by atoms with E-state index >= 15 is 0 Å². The van der Waals surface area contributed by atoms with Gasteiger partial charge >= 0.3 is 0 Å². The summed E-state index contributed by atoms with van der Waals surface area (Å²) >= 11 is 0. The Morgan fingerprint density at radius 3 is 2.75 bits per heavy atom. The molecule has 12 heavy (non-hydrogen) atoms. The molecule has 2 aliphatic rings. The van der Waals surface area contributed by atoms with Crippen molar-refractivity contribution >= 4 is 5.96 Å². The fourth-order valence-electron chi connectivity index (χ4n) is 1.77. The van der Waals surface area contributed by atoms with Crippen molar-refractivity contribution in [3.63, 3.8) is 0 Å². The minimum atomic E-state index is 0.641. The van der Waals surface area contributed by atoms with Gasteiger partial charge in [0.1, 0.15) is 0 Å². The fraction of sp³-hybridized carbons (Fsp3) is 0.667. The smallest absolute Gasteiger partial charge is 0.196 e. The van der Waals surface area contributed by atoms with Crippen molar-refractivity contribution in [2.75, 3.05) is 6.54 Å². The van der Waals surface area contributed by atoms with Gasteiger partial charge in [0.05, 0.1) is 6.54 Å². The second kappa shape index (κ2) is 3.17. The summed E-state index contributed by atoms with van der Waals surface area (Å²) in [5.74, 6) is 0.923. The first-order chi connectivity index (χ1) is 5.84. The molecule has 2 rings (SSSR count). The van der Waals surface area contributed by atoms with Gasteiger partial charge < -0.3 is 10.6 Å². The van der Waals surface area contributed by atoms with Gasteiger partial charge in [-0.05, 0) is 12.8 Å². The van der Waals surface area contributed by atoms with Gasteiger partial charge in [-0.25, -0.2) is 4.99 Å². The topological polar surface area (TPSA) is 36.4 Å². The number of aliphatic imine (C=N–C) groups is 1. The average Bonchev–Trinajstić information content (AvgIpc) is 2.63.